The Morgan fingerprint density at radius 1 is 1.29 bits per heavy atom. The fraction of sp³-hybridized carbons (Fsp3) is 0.267. The molecule has 1 amide bonds. The zero-order valence-corrected chi connectivity index (χ0v) is 12.1. The molecule has 0 aliphatic heterocycles. The van der Waals surface area contributed by atoms with Crippen LogP contribution >= 0.6 is 0 Å². The zero-order valence-electron chi connectivity index (χ0n) is 12.1. The molecule has 0 fully saturated rings. The van der Waals surface area contributed by atoms with Crippen molar-refractivity contribution in [3.8, 4) is 5.75 Å². The number of nitrogens with zero attached hydrogens (tertiary/aromatic N) is 2. The fourth-order valence-electron chi connectivity index (χ4n) is 1.81. The number of rotatable bonds is 5. The lowest BCUT2D eigenvalue weighted by atomic mass is 10.2. The summed E-state index contributed by atoms with van der Waals surface area (Å²) >= 11 is 0. The first-order valence-electron chi connectivity index (χ1n) is 6.64. The number of nitrogens with one attached hydrogen (secondary N) is 1. The van der Waals surface area contributed by atoms with Gasteiger partial charge in [-0.25, -0.2) is 0 Å². The highest BCUT2D eigenvalue weighted by molar-refractivity contribution is 5.95. The van der Waals surface area contributed by atoms with Crippen LogP contribution in [-0.4, -0.2) is 29.3 Å². The molecule has 2 rings (SSSR count). The van der Waals surface area contributed by atoms with E-state index in [1.165, 1.54) is 0 Å². The number of hydrogen-bond acceptors (Lipinski definition) is 5. The van der Waals surface area contributed by atoms with E-state index in [9.17, 15) is 4.79 Å². The van der Waals surface area contributed by atoms with Gasteiger partial charge in [0, 0.05) is 0 Å². The Hall–Kier alpha value is -2.63. The van der Waals surface area contributed by atoms with Crippen molar-refractivity contribution in [2.24, 2.45) is 0 Å². The number of benzene rings is 1. The van der Waals surface area contributed by atoms with E-state index < -0.39 is 0 Å². The fourth-order valence-corrected chi connectivity index (χ4v) is 1.81. The molecule has 0 radical (unpaired) electrons. The van der Waals surface area contributed by atoms with Crippen molar-refractivity contribution in [1.82, 2.24) is 15.5 Å². The number of nitrogens with two attached hydrogens (primary N) is 1. The van der Waals surface area contributed by atoms with Crippen LogP contribution in [-0.2, 0) is 0 Å². The summed E-state index contributed by atoms with van der Waals surface area (Å²) in [4.78, 5) is 12.0. The van der Waals surface area contributed by atoms with Crippen LogP contribution in [0.4, 0.5) is 5.69 Å². The normalized spacial score (nSPS) is 10.2. The molecule has 21 heavy (non-hydrogen) atoms. The van der Waals surface area contributed by atoms with Gasteiger partial charge >= 0.3 is 0 Å². The van der Waals surface area contributed by atoms with E-state index in [0.29, 0.717) is 41.5 Å². The molecule has 1 heterocycles. The van der Waals surface area contributed by atoms with Crippen LogP contribution in [0, 0.1) is 13.8 Å². The van der Waals surface area contributed by atoms with Gasteiger partial charge in [-0.15, -0.1) is 0 Å². The molecule has 0 bridgehead atoms. The molecule has 0 aliphatic carbocycles. The molecule has 110 valence electrons. The van der Waals surface area contributed by atoms with Crippen LogP contribution in [0.3, 0.4) is 0 Å². The van der Waals surface area contributed by atoms with E-state index in [4.69, 9.17) is 10.5 Å². The highest BCUT2D eigenvalue weighted by Crippen LogP contribution is 2.19. The van der Waals surface area contributed by atoms with E-state index in [-0.39, 0.29) is 5.91 Å². The number of aryl methyl sites for hydroxylation is 2. The summed E-state index contributed by atoms with van der Waals surface area (Å²) in [7, 11) is 0. The van der Waals surface area contributed by atoms with E-state index in [2.05, 4.69) is 15.5 Å². The van der Waals surface area contributed by atoms with Gasteiger partial charge < -0.3 is 15.8 Å². The first-order valence-corrected chi connectivity index (χ1v) is 6.64. The molecule has 0 atom stereocenters. The minimum atomic E-state index is -0.185. The molecule has 1 aromatic heterocycles. The number of ether oxygens (including phenoxy) is 1. The highest BCUT2D eigenvalue weighted by Gasteiger charge is 2.10. The van der Waals surface area contributed by atoms with Crippen molar-refractivity contribution in [3.05, 3.63) is 47.3 Å². The largest absolute Gasteiger partial charge is 0.490 e. The van der Waals surface area contributed by atoms with E-state index in [1.807, 2.05) is 12.1 Å². The van der Waals surface area contributed by atoms with Crippen LogP contribution in [0.5, 0.6) is 5.75 Å². The number of anilines is 1. The summed E-state index contributed by atoms with van der Waals surface area (Å²) in [6, 6.07) is 8.96. The Morgan fingerprint density at radius 2 is 2.05 bits per heavy atom. The molecular formula is C15H18N4O2. The monoisotopic (exact) mass is 286 g/mol. The minimum Gasteiger partial charge on any atom is -0.490 e. The van der Waals surface area contributed by atoms with Crippen LogP contribution in [0.2, 0.25) is 0 Å². The summed E-state index contributed by atoms with van der Waals surface area (Å²) < 4.78 is 5.51. The lowest BCUT2D eigenvalue weighted by Crippen LogP contribution is -2.29. The van der Waals surface area contributed by atoms with Gasteiger partial charge in [0.2, 0.25) is 0 Å². The Balaban J connectivity index is 1.85. The number of carbonyl (C=O) groups is 1. The lowest BCUT2D eigenvalue weighted by Gasteiger charge is -2.10. The van der Waals surface area contributed by atoms with Gasteiger partial charge in [0.15, 0.2) is 0 Å². The maximum atomic E-state index is 12.0. The van der Waals surface area contributed by atoms with Gasteiger partial charge in [-0.2, -0.15) is 10.2 Å². The molecule has 0 saturated carbocycles. The van der Waals surface area contributed by atoms with Crippen LogP contribution < -0.4 is 15.8 Å². The van der Waals surface area contributed by atoms with Crippen LogP contribution in [0.1, 0.15) is 21.7 Å². The van der Waals surface area contributed by atoms with Gasteiger partial charge in [0.1, 0.15) is 12.4 Å². The number of amides is 1. The average molecular weight is 286 g/mol. The third kappa shape index (κ3) is 3.92. The predicted octanol–water partition coefficient (Wildman–Crippen LogP) is 1.48. The number of nitrogen functional groups attached to an aromatic ring is 1. The molecule has 6 nitrogen and oxygen atoms in total. The van der Waals surface area contributed by atoms with Crippen molar-refractivity contribution in [3.63, 3.8) is 0 Å². The van der Waals surface area contributed by atoms with E-state index >= 15 is 0 Å². The van der Waals surface area contributed by atoms with Crippen molar-refractivity contribution in [2.45, 2.75) is 13.8 Å². The SMILES string of the molecule is Cc1cc(C(=O)NCCOc2ccccc2N)c(C)nn1. The second-order valence-corrected chi connectivity index (χ2v) is 4.63. The summed E-state index contributed by atoms with van der Waals surface area (Å²) in [5, 5.41) is 10.6. The first kappa shape index (κ1) is 14.8. The number of para-hydroxylation sites is 2. The van der Waals surface area contributed by atoms with Crippen LogP contribution in [0.25, 0.3) is 0 Å². The molecule has 6 heteroatoms. The Labute approximate surface area is 123 Å². The van der Waals surface area contributed by atoms with Gasteiger partial charge in [-0.3, -0.25) is 4.79 Å². The zero-order chi connectivity index (χ0) is 15.2. The third-order valence-electron chi connectivity index (χ3n) is 2.91. The molecule has 1 aromatic carbocycles. The van der Waals surface area contributed by atoms with E-state index in [1.54, 1.807) is 32.0 Å². The second-order valence-electron chi connectivity index (χ2n) is 4.63. The number of aromatic nitrogens is 2. The highest BCUT2D eigenvalue weighted by atomic mass is 16.5. The standard InChI is InChI=1S/C15H18N4O2/c1-10-9-12(11(2)19-18-10)15(20)17-7-8-21-14-6-4-3-5-13(14)16/h3-6,9H,7-8,16H2,1-2H3,(H,17,20). The van der Waals surface area contributed by atoms with Gasteiger partial charge in [0.05, 0.1) is 29.2 Å². The molecule has 0 aliphatic rings. The molecule has 2 aromatic rings. The molecule has 0 spiro atoms. The van der Waals surface area contributed by atoms with Gasteiger partial charge in [-0.05, 0) is 32.0 Å². The number of hydrogen-bond donors (Lipinski definition) is 2. The van der Waals surface area contributed by atoms with E-state index in [0.717, 1.165) is 0 Å². The predicted molar refractivity (Wildman–Crippen MR) is 80.2 cm³/mol. The smallest absolute Gasteiger partial charge is 0.253 e. The maximum absolute atomic E-state index is 12.0. The minimum absolute atomic E-state index is 0.185. The van der Waals surface area contributed by atoms with Crippen molar-refractivity contribution >= 4 is 11.6 Å². The molecule has 0 saturated heterocycles. The number of carbonyl (C=O) groups excluding carboxylic acids is 1. The molecular weight excluding hydrogens is 268 g/mol. The summed E-state index contributed by atoms with van der Waals surface area (Å²) in [6.07, 6.45) is 0. The quantitative estimate of drug-likeness (QED) is 0.642. The van der Waals surface area contributed by atoms with Crippen LogP contribution in [0.15, 0.2) is 30.3 Å². The molecule has 3 N–H and O–H groups in total. The third-order valence-corrected chi connectivity index (χ3v) is 2.91. The van der Waals surface area contributed by atoms with Gasteiger partial charge in [-0.1, -0.05) is 12.1 Å². The second kappa shape index (κ2) is 6.69. The average Bonchev–Trinajstić information content (AvgIpc) is 2.47. The maximum Gasteiger partial charge on any atom is 0.253 e. The Morgan fingerprint density at radius 3 is 2.81 bits per heavy atom. The van der Waals surface area contributed by atoms with Gasteiger partial charge in [0.25, 0.3) is 5.91 Å². The topological polar surface area (TPSA) is 90.1 Å². The lowest BCUT2D eigenvalue weighted by molar-refractivity contribution is 0.0945. The summed E-state index contributed by atoms with van der Waals surface area (Å²) in [5.41, 5.74) is 8.18. The Bertz CT molecular complexity index is 643. The van der Waals surface area contributed by atoms with Crippen molar-refractivity contribution in [1.29, 1.82) is 0 Å². The first-order chi connectivity index (χ1) is 10.1. The summed E-state index contributed by atoms with van der Waals surface area (Å²) in [6.45, 7) is 4.28. The van der Waals surface area contributed by atoms with Crippen molar-refractivity contribution in [2.75, 3.05) is 18.9 Å². The Kier molecular flexibility index (Phi) is 4.71. The summed E-state index contributed by atoms with van der Waals surface area (Å²) in [5.74, 6) is 0.430. The van der Waals surface area contributed by atoms with Crippen molar-refractivity contribution < 1.29 is 9.53 Å². The molecule has 0 unspecified atom stereocenters.